The molecule has 28 heavy (non-hydrogen) atoms. The third-order valence-electron chi connectivity index (χ3n) is 4.18. The number of carboxylic acids is 1. The molecule has 0 spiro atoms. The maximum atomic E-state index is 12.2. The van der Waals surface area contributed by atoms with E-state index >= 15 is 0 Å². The van der Waals surface area contributed by atoms with Crippen molar-refractivity contribution < 1.29 is 24.2 Å². The minimum Gasteiger partial charge on any atom is -0.480 e. The lowest BCUT2D eigenvalue weighted by atomic mass is 10.1. The Hall–Kier alpha value is -3.26. The van der Waals surface area contributed by atoms with Crippen molar-refractivity contribution >= 4 is 34.9 Å². The summed E-state index contributed by atoms with van der Waals surface area (Å²) in [7, 11) is 0. The molecule has 0 aliphatic carbocycles. The highest BCUT2D eigenvalue weighted by atomic mass is 32.2. The van der Waals surface area contributed by atoms with Crippen LogP contribution in [0, 0.1) is 0 Å². The molecule has 0 aromatic heterocycles. The van der Waals surface area contributed by atoms with Gasteiger partial charge in [0.25, 0.3) is 5.91 Å². The average Bonchev–Trinajstić information content (AvgIpc) is 3.28. The molecule has 1 amide bonds. The van der Waals surface area contributed by atoms with Crippen LogP contribution in [0.2, 0.25) is 0 Å². The molecular weight excluding hydrogens is 380 g/mol. The summed E-state index contributed by atoms with van der Waals surface area (Å²) in [6.07, 6.45) is 1.95. The van der Waals surface area contributed by atoms with Gasteiger partial charge >= 0.3 is 5.97 Å². The van der Waals surface area contributed by atoms with E-state index in [2.05, 4.69) is 10.3 Å². The van der Waals surface area contributed by atoms with E-state index in [4.69, 9.17) is 9.47 Å². The number of thioether (sulfide) groups is 1. The van der Waals surface area contributed by atoms with Crippen molar-refractivity contribution in [3.8, 4) is 11.5 Å². The summed E-state index contributed by atoms with van der Waals surface area (Å²) >= 11 is 1.12. The average molecular weight is 396 g/mol. The van der Waals surface area contributed by atoms with Crippen molar-refractivity contribution in [2.24, 2.45) is 4.99 Å². The number of carbonyl (C=O) groups excluding carboxylic acids is 1. The van der Waals surface area contributed by atoms with E-state index in [1.807, 2.05) is 36.4 Å². The first-order valence-electron chi connectivity index (χ1n) is 8.53. The first-order valence-corrected chi connectivity index (χ1v) is 9.35. The number of amidine groups is 1. The van der Waals surface area contributed by atoms with Gasteiger partial charge in [-0.3, -0.25) is 4.79 Å². The Bertz CT molecular complexity index is 987. The van der Waals surface area contributed by atoms with Gasteiger partial charge in [0.2, 0.25) is 6.79 Å². The quantitative estimate of drug-likeness (QED) is 0.755. The molecule has 0 unspecified atom stereocenters. The molecule has 142 valence electrons. The van der Waals surface area contributed by atoms with Crippen molar-refractivity contribution in [2.75, 3.05) is 6.79 Å². The summed E-state index contributed by atoms with van der Waals surface area (Å²) in [5.74, 6) is -0.0664. The minimum absolute atomic E-state index is 0.180. The fourth-order valence-electron chi connectivity index (χ4n) is 2.81. The van der Waals surface area contributed by atoms with E-state index in [0.29, 0.717) is 16.4 Å². The zero-order valence-corrected chi connectivity index (χ0v) is 15.4. The van der Waals surface area contributed by atoms with E-state index in [-0.39, 0.29) is 24.3 Å². The molecule has 1 atom stereocenters. The van der Waals surface area contributed by atoms with Crippen LogP contribution in [0.25, 0.3) is 6.08 Å². The van der Waals surface area contributed by atoms with Gasteiger partial charge in [-0.15, -0.1) is 0 Å². The predicted octanol–water partition coefficient (Wildman–Crippen LogP) is 2.67. The molecule has 1 saturated heterocycles. The largest absolute Gasteiger partial charge is 0.480 e. The normalized spacial score (nSPS) is 19.1. The molecule has 0 saturated carbocycles. The molecule has 2 aliphatic rings. The Labute approximate surface area is 165 Å². The first kappa shape index (κ1) is 18.1. The van der Waals surface area contributed by atoms with E-state index in [1.165, 1.54) is 0 Å². The molecule has 2 aromatic carbocycles. The summed E-state index contributed by atoms with van der Waals surface area (Å²) in [5, 5.41) is 12.4. The molecular formula is C20H16N2O5S. The van der Waals surface area contributed by atoms with Crippen LogP contribution >= 0.6 is 11.8 Å². The lowest BCUT2D eigenvalue weighted by Gasteiger charge is -2.08. The van der Waals surface area contributed by atoms with Crippen LogP contribution in [-0.4, -0.2) is 35.0 Å². The number of aliphatic imine (C=N–C) groups is 1. The number of ether oxygens (including phenoxy) is 2. The number of amides is 1. The zero-order valence-electron chi connectivity index (χ0n) is 14.6. The van der Waals surface area contributed by atoms with E-state index < -0.39 is 12.0 Å². The molecule has 7 nitrogen and oxygen atoms in total. The molecule has 2 N–H and O–H groups in total. The SMILES string of the molecule is O=C1NC(=N[C@H](Cc2ccccc2)C(=O)O)S/C1=C/c1ccc2c(c1)OCO2. The predicted molar refractivity (Wildman–Crippen MR) is 105 cm³/mol. The second-order valence-corrected chi connectivity index (χ2v) is 7.19. The van der Waals surface area contributed by atoms with Crippen LogP contribution in [-0.2, 0) is 16.0 Å². The van der Waals surface area contributed by atoms with Crippen LogP contribution in [0.5, 0.6) is 11.5 Å². The fourth-order valence-corrected chi connectivity index (χ4v) is 3.68. The number of nitrogens with zero attached hydrogens (tertiary/aromatic N) is 1. The van der Waals surface area contributed by atoms with Crippen molar-refractivity contribution in [3.63, 3.8) is 0 Å². The van der Waals surface area contributed by atoms with Crippen molar-refractivity contribution in [2.45, 2.75) is 12.5 Å². The molecule has 2 heterocycles. The highest BCUT2D eigenvalue weighted by molar-refractivity contribution is 8.18. The number of aliphatic carboxylic acids is 1. The van der Waals surface area contributed by atoms with E-state index in [9.17, 15) is 14.7 Å². The summed E-state index contributed by atoms with van der Waals surface area (Å²) in [6.45, 7) is 0.180. The van der Waals surface area contributed by atoms with Gasteiger partial charge in [0.15, 0.2) is 22.7 Å². The lowest BCUT2D eigenvalue weighted by molar-refractivity contribution is -0.138. The van der Waals surface area contributed by atoms with Crippen LogP contribution < -0.4 is 14.8 Å². The van der Waals surface area contributed by atoms with Crippen LogP contribution in [0.1, 0.15) is 11.1 Å². The topological polar surface area (TPSA) is 97.2 Å². The molecule has 1 fully saturated rings. The van der Waals surface area contributed by atoms with Gasteiger partial charge in [-0.2, -0.15) is 0 Å². The number of carboxylic acid groups (broad SMARTS) is 1. The summed E-state index contributed by atoms with van der Waals surface area (Å²) in [6, 6.07) is 13.7. The van der Waals surface area contributed by atoms with Crippen LogP contribution in [0.15, 0.2) is 58.4 Å². The number of hydrogen-bond donors (Lipinski definition) is 2. The number of rotatable bonds is 5. The Kier molecular flexibility index (Phi) is 5.03. The van der Waals surface area contributed by atoms with Gasteiger partial charge < -0.3 is 19.9 Å². The highest BCUT2D eigenvalue weighted by Crippen LogP contribution is 2.34. The number of nitrogens with one attached hydrogen (secondary N) is 1. The molecule has 2 aromatic rings. The fraction of sp³-hybridized carbons (Fsp3) is 0.150. The molecule has 0 radical (unpaired) electrons. The van der Waals surface area contributed by atoms with Gasteiger partial charge in [0.05, 0.1) is 4.91 Å². The lowest BCUT2D eigenvalue weighted by Crippen LogP contribution is -2.26. The van der Waals surface area contributed by atoms with E-state index in [0.717, 1.165) is 22.9 Å². The maximum absolute atomic E-state index is 12.2. The van der Waals surface area contributed by atoms with Crippen molar-refractivity contribution in [1.82, 2.24) is 5.32 Å². The Balaban J connectivity index is 1.52. The van der Waals surface area contributed by atoms with Gasteiger partial charge in [0, 0.05) is 6.42 Å². The van der Waals surface area contributed by atoms with Gasteiger partial charge in [-0.05, 0) is 41.1 Å². The second kappa shape index (κ2) is 7.77. The van der Waals surface area contributed by atoms with E-state index in [1.54, 1.807) is 18.2 Å². The number of hydrogen-bond acceptors (Lipinski definition) is 6. The smallest absolute Gasteiger partial charge is 0.328 e. The number of benzene rings is 2. The maximum Gasteiger partial charge on any atom is 0.328 e. The molecule has 8 heteroatoms. The van der Waals surface area contributed by atoms with Gasteiger partial charge in [0.1, 0.15) is 0 Å². The third-order valence-corrected chi connectivity index (χ3v) is 5.10. The first-order chi connectivity index (χ1) is 13.6. The van der Waals surface area contributed by atoms with Crippen LogP contribution in [0.4, 0.5) is 0 Å². The standard InChI is InChI=1S/C20H16N2O5S/c23-18-17(10-13-6-7-15-16(9-13)27-11-26-15)28-20(22-18)21-14(19(24)25)8-12-4-2-1-3-5-12/h1-7,9-10,14H,8,11H2,(H,24,25)(H,21,22,23)/b17-10+/t14-/m1/s1. The Morgan fingerprint density at radius 2 is 2.00 bits per heavy atom. The number of fused-ring (bicyclic) bond motifs is 1. The Morgan fingerprint density at radius 3 is 2.79 bits per heavy atom. The van der Waals surface area contributed by atoms with Crippen LogP contribution in [0.3, 0.4) is 0 Å². The van der Waals surface area contributed by atoms with Crippen molar-refractivity contribution in [1.29, 1.82) is 0 Å². The molecule has 4 rings (SSSR count). The van der Waals surface area contributed by atoms with Gasteiger partial charge in [-0.1, -0.05) is 36.4 Å². The summed E-state index contributed by atoms with van der Waals surface area (Å²) < 4.78 is 10.6. The molecule has 2 aliphatic heterocycles. The number of carbonyl (C=O) groups is 2. The summed E-state index contributed by atoms with van der Waals surface area (Å²) in [4.78, 5) is 28.5. The Morgan fingerprint density at radius 1 is 1.21 bits per heavy atom. The third kappa shape index (κ3) is 4.01. The van der Waals surface area contributed by atoms with Crippen molar-refractivity contribution in [3.05, 3.63) is 64.6 Å². The minimum atomic E-state index is -1.04. The zero-order chi connectivity index (χ0) is 19.5. The monoisotopic (exact) mass is 396 g/mol. The molecule has 0 bridgehead atoms. The van der Waals surface area contributed by atoms with Gasteiger partial charge in [-0.25, -0.2) is 9.79 Å². The highest BCUT2D eigenvalue weighted by Gasteiger charge is 2.27. The summed E-state index contributed by atoms with van der Waals surface area (Å²) in [5.41, 5.74) is 1.65. The second-order valence-electron chi connectivity index (χ2n) is 6.16.